The molecule has 218 valence electrons. The molecule has 0 saturated heterocycles. The fourth-order valence-electron chi connectivity index (χ4n) is 6.10. The number of pyridine rings is 2. The molecule has 4 nitrogen and oxygen atoms in total. The van der Waals surface area contributed by atoms with Crippen LogP contribution < -0.4 is 0 Å². The van der Waals surface area contributed by atoms with E-state index in [0.717, 1.165) is 82.6 Å². The molecule has 5 heteroatoms. The van der Waals surface area contributed by atoms with Gasteiger partial charge in [0.05, 0.1) is 26.9 Å². The van der Waals surface area contributed by atoms with E-state index in [4.69, 9.17) is 19.9 Å². The Balaban J connectivity index is 1.38. The van der Waals surface area contributed by atoms with Gasteiger partial charge in [0.25, 0.3) is 0 Å². The fourth-order valence-corrected chi connectivity index (χ4v) is 7.25. The molecule has 0 unspecified atom stereocenters. The Bertz CT molecular complexity index is 2390. The molecule has 0 N–H and O–H groups in total. The van der Waals surface area contributed by atoms with Gasteiger partial charge in [0, 0.05) is 43.4 Å². The summed E-state index contributed by atoms with van der Waals surface area (Å²) < 4.78 is 2.32. The summed E-state index contributed by atoms with van der Waals surface area (Å²) >= 11 is 1.76. The molecule has 8 aromatic rings. The summed E-state index contributed by atoms with van der Waals surface area (Å²) in [5.41, 5.74) is 10.4. The second kappa shape index (κ2) is 10.9. The van der Waals surface area contributed by atoms with Gasteiger partial charge in [-0.05, 0) is 47.2 Å². The number of nitrogens with zero attached hydrogens (tertiary/aromatic N) is 4. The minimum atomic E-state index is 0.272. The van der Waals surface area contributed by atoms with Crippen LogP contribution in [0.5, 0.6) is 0 Å². The lowest BCUT2D eigenvalue weighted by Crippen LogP contribution is -1.99. The minimum absolute atomic E-state index is 0.272. The van der Waals surface area contributed by atoms with Crippen molar-refractivity contribution in [3.8, 4) is 33.8 Å². The summed E-state index contributed by atoms with van der Waals surface area (Å²) in [5, 5.41) is 3.38. The Morgan fingerprint density at radius 3 is 2.04 bits per heavy atom. The largest absolute Gasteiger partial charge is 0.250 e. The Kier molecular flexibility index (Phi) is 6.65. The second-order valence-corrected chi connectivity index (χ2v) is 13.3. The molecule has 4 aromatic heterocycles. The zero-order chi connectivity index (χ0) is 30.7. The van der Waals surface area contributed by atoms with E-state index < -0.39 is 0 Å². The summed E-state index contributed by atoms with van der Waals surface area (Å²) in [7, 11) is 0. The number of fused-ring (bicyclic) bond motifs is 6. The number of hydrogen-bond acceptors (Lipinski definition) is 5. The van der Waals surface area contributed by atoms with E-state index in [1.807, 2.05) is 18.2 Å². The molecular weight excluding hydrogens is 569 g/mol. The van der Waals surface area contributed by atoms with Crippen LogP contribution in [0, 0.1) is 0 Å². The van der Waals surface area contributed by atoms with Gasteiger partial charge in [0.15, 0.2) is 5.82 Å². The average Bonchev–Trinajstić information content (AvgIpc) is 3.46. The van der Waals surface area contributed by atoms with E-state index in [0.29, 0.717) is 5.92 Å². The highest BCUT2D eigenvalue weighted by Crippen LogP contribution is 2.41. The molecule has 0 fully saturated rings. The van der Waals surface area contributed by atoms with E-state index in [1.54, 1.807) is 11.3 Å². The summed E-state index contributed by atoms with van der Waals surface area (Å²) in [6.45, 7) is 8.79. The van der Waals surface area contributed by atoms with Crippen LogP contribution in [-0.4, -0.2) is 19.9 Å². The van der Waals surface area contributed by atoms with E-state index in [2.05, 4.69) is 119 Å². The molecule has 0 bridgehead atoms. The van der Waals surface area contributed by atoms with Gasteiger partial charge in [-0.3, -0.25) is 9.97 Å². The maximum atomic E-state index is 5.22. The number of benzene rings is 4. The highest BCUT2D eigenvalue weighted by Gasteiger charge is 2.19. The first-order valence-corrected chi connectivity index (χ1v) is 16.4. The molecule has 0 aliphatic carbocycles. The molecule has 0 amide bonds. The van der Waals surface area contributed by atoms with Gasteiger partial charge in [-0.1, -0.05) is 113 Å². The van der Waals surface area contributed by atoms with Gasteiger partial charge in [-0.15, -0.1) is 11.3 Å². The van der Waals surface area contributed by atoms with Gasteiger partial charge in [-0.25, -0.2) is 9.97 Å². The first-order valence-electron chi connectivity index (χ1n) is 15.5. The van der Waals surface area contributed by atoms with Crippen LogP contribution in [0.15, 0.2) is 109 Å². The van der Waals surface area contributed by atoms with Gasteiger partial charge in [-0.2, -0.15) is 0 Å². The lowest BCUT2D eigenvalue weighted by molar-refractivity contribution is 0.826. The number of hydrogen-bond donors (Lipinski definition) is 0. The Morgan fingerprint density at radius 1 is 0.511 bits per heavy atom. The fraction of sp³-hybridized carbons (Fsp3) is 0.150. The molecule has 45 heavy (non-hydrogen) atoms. The molecule has 0 atom stereocenters. The zero-order valence-electron chi connectivity index (χ0n) is 25.7. The van der Waals surface area contributed by atoms with Crippen molar-refractivity contribution in [3.63, 3.8) is 0 Å². The smallest absolute Gasteiger partial charge is 0.160 e. The third kappa shape index (κ3) is 4.75. The van der Waals surface area contributed by atoms with E-state index >= 15 is 0 Å². The van der Waals surface area contributed by atoms with Crippen molar-refractivity contribution in [2.24, 2.45) is 0 Å². The predicted molar refractivity (Wildman–Crippen MR) is 190 cm³/mol. The van der Waals surface area contributed by atoms with Gasteiger partial charge < -0.3 is 0 Å². The van der Waals surface area contributed by atoms with Crippen molar-refractivity contribution >= 4 is 53.4 Å². The van der Waals surface area contributed by atoms with Crippen molar-refractivity contribution in [2.45, 2.75) is 39.5 Å². The molecule has 8 rings (SSSR count). The normalized spacial score (nSPS) is 12.0. The molecule has 0 aliphatic heterocycles. The van der Waals surface area contributed by atoms with E-state index in [-0.39, 0.29) is 5.92 Å². The van der Waals surface area contributed by atoms with Gasteiger partial charge in [0.2, 0.25) is 0 Å². The van der Waals surface area contributed by atoms with Crippen LogP contribution >= 0.6 is 11.3 Å². The highest BCUT2D eigenvalue weighted by atomic mass is 32.1. The maximum absolute atomic E-state index is 5.22. The van der Waals surface area contributed by atoms with Crippen molar-refractivity contribution < 1.29 is 0 Å². The zero-order valence-corrected chi connectivity index (χ0v) is 26.6. The first-order chi connectivity index (χ1) is 21.9. The quantitative estimate of drug-likeness (QED) is 0.184. The predicted octanol–water partition coefficient (Wildman–Crippen LogP) is 11.2. The Labute approximate surface area is 266 Å². The second-order valence-electron chi connectivity index (χ2n) is 12.3. The Morgan fingerprint density at radius 2 is 1.22 bits per heavy atom. The van der Waals surface area contributed by atoms with Crippen LogP contribution in [0.1, 0.15) is 50.9 Å². The van der Waals surface area contributed by atoms with Crippen LogP contribution in [0.25, 0.3) is 75.9 Å². The van der Waals surface area contributed by atoms with Crippen molar-refractivity contribution in [1.29, 1.82) is 0 Å². The topological polar surface area (TPSA) is 51.6 Å². The molecular formula is C40H32N4S. The molecule has 0 saturated carbocycles. The van der Waals surface area contributed by atoms with Gasteiger partial charge in [0.1, 0.15) is 0 Å². The van der Waals surface area contributed by atoms with Crippen molar-refractivity contribution in [3.05, 3.63) is 121 Å². The monoisotopic (exact) mass is 600 g/mol. The third-order valence-corrected chi connectivity index (χ3v) is 9.73. The summed E-state index contributed by atoms with van der Waals surface area (Å²) in [5.74, 6) is 1.35. The molecule has 0 radical (unpaired) electrons. The van der Waals surface area contributed by atoms with Crippen LogP contribution in [0.2, 0.25) is 0 Å². The lowest BCUT2D eigenvalue weighted by Gasteiger charge is -2.15. The lowest BCUT2D eigenvalue weighted by atomic mass is 9.94. The van der Waals surface area contributed by atoms with Crippen LogP contribution in [0.3, 0.4) is 0 Å². The summed E-state index contributed by atoms with van der Waals surface area (Å²) in [6.07, 6.45) is 0. The minimum Gasteiger partial charge on any atom is -0.250 e. The Hall–Kier alpha value is -5.00. The van der Waals surface area contributed by atoms with Crippen LogP contribution in [0.4, 0.5) is 0 Å². The van der Waals surface area contributed by atoms with Gasteiger partial charge >= 0.3 is 0 Å². The third-order valence-electron chi connectivity index (χ3n) is 8.56. The summed E-state index contributed by atoms with van der Waals surface area (Å²) in [4.78, 5) is 20.6. The SMILES string of the molecule is CC(C)c1ccc2ccc3c(-c4cccc(-c5nc(-c6ccccc6)nc6c5sc5ccccc56)c4)cc(C(C)C)nc3c2n1. The standard InChI is InChI=1S/C40H32N4S/c1-23(2)32-20-18-25-17-19-29-31(22-33(24(3)4)42-37(29)35(25)41-32)27-13-10-14-28(21-27)36-39-38(30-15-8-9-16-34(30)45-39)44-40(43-36)26-11-6-5-7-12-26/h5-24H,1-4H3. The van der Waals surface area contributed by atoms with Crippen molar-refractivity contribution in [1.82, 2.24) is 19.9 Å². The molecule has 0 aliphatic rings. The first kappa shape index (κ1) is 27.5. The summed E-state index contributed by atoms with van der Waals surface area (Å²) in [6, 6.07) is 38.5. The molecule has 4 heterocycles. The number of aromatic nitrogens is 4. The number of rotatable bonds is 5. The van der Waals surface area contributed by atoms with E-state index in [1.165, 1.54) is 4.70 Å². The maximum Gasteiger partial charge on any atom is 0.160 e. The van der Waals surface area contributed by atoms with Crippen LogP contribution in [-0.2, 0) is 0 Å². The average molecular weight is 601 g/mol. The highest BCUT2D eigenvalue weighted by molar-refractivity contribution is 7.26. The van der Waals surface area contributed by atoms with Crippen molar-refractivity contribution in [2.75, 3.05) is 0 Å². The molecule has 4 aromatic carbocycles. The molecule has 0 spiro atoms. The van der Waals surface area contributed by atoms with E-state index in [9.17, 15) is 0 Å². The number of thiophene rings is 1.